The second-order valence-corrected chi connectivity index (χ2v) is 5.16. The minimum absolute atomic E-state index is 0.449. The summed E-state index contributed by atoms with van der Waals surface area (Å²) in [6, 6.07) is 6.45. The molecule has 1 N–H and O–H groups in total. The van der Waals surface area contributed by atoms with Gasteiger partial charge in [0.25, 0.3) is 0 Å². The van der Waals surface area contributed by atoms with Gasteiger partial charge in [0.1, 0.15) is 0 Å². The molecular weight excluding hydrogens is 228 g/mol. The molecule has 90 valence electrons. The maximum atomic E-state index is 5.36. The quantitative estimate of drug-likeness (QED) is 0.785. The maximum Gasteiger partial charge on any atom is 0.182 e. The summed E-state index contributed by atoms with van der Waals surface area (Å²) < 4.78 is 2.88. The smallest absolute Gasteiger partial charge is 0.182 e. The van der Waals surface area contributed by atoms with Gasteiger partial charge in [-0.15, -0.1) is 0 Å². The maximum absolute atomic E-state index is 5.36. The van der Waals surface area contributed by atoms with E-state index in [-0.39, 0.29) is 0 Å². The van der Waals surface area contributed by atoms with Crippen molar-refractivity contribution < 1.29 is 0 Å². The molecule has 0 aliphatic carbocycles. The molecule has 2 nitrogen and oxygen atoms in total. The van der Waals surface area contributed by atoms with Crippen molar-refractivity contribution in [2.24, 2.45) is 0 Å². The fourth-order valence-corrected chi connectivity index (χ4v) is 2.21. The SMILES string of the molecule is Cc1ccc(-n2c(C(C)C)c[nH]c2=S)cc1C. The number of H-pyrrole nitrogens is 1. The Morgan fingerprint density at radius 3 is 2.47 bits per heavy atom. The van der Waals surface area contributed by atoms with Crippen LogP contribution < -0.4 is 0 Å². The zero-order chi connectivity index (χ0) is 12.6. The van der Waals surface area contributed by atoms with Crippen molar-refractivity contribution in [2.45, 2.75) is 33.6 Å². The number of imidazole rings is 1. The standard InChI is InChI=1S/C14H18N2S/c1-9(2)13-8-15-14(17)16(13)12-6-5-10(3)11(4)7-12/h5-9H,1-4H3,(H,15,17). The van der Waals surface area contributed by atoms with Gasteiger partial charge in [0.2, 0.25) is 0 Å². The van der Waals surface area contributed by atoms with E-state index in [0.717, 1.165) is 10.5 Å². The first kappa shape index (κ1) is 12.1. The summed E-state index contributed by atoms with van der Waals surface area (Å²) in [5.41, 5.74) is 4.96. The molecule has 1 aromatic carbocycles. The first-order chi connectivity index (χ1) is 8.00. The van der Waals surface area contributed by atoms with Crippen LogP contribution in [0.15, 0.2) is 24.4 Å². The lowest BCUT2D eigenvalue weighted by Gasteiger charge is -2.12. The van der Waals surface area contributed by atoms with E-state index >= 15 is 0 Å². The van der Waals surface area contributed by atoms with E-state index in [1.807, 2.05) is 6.20 Å². The lowest BCUT2D eigenvalue weighted by atomic mass is 10.1. The molecule has 1 aromatic heterocycles. The number of hydrogen-bond acceptors (Lipinski definition) is 1. The van der Waals surface area contributed by atoms with Crippen molar-refractivity contribution in [2.75, 3.05) is 0 Å². The Morgan fingerprint density at radius 2 is 1.88 bits per heavy atom. The van der Waals surface area contributed by atoms with Gasteiger partial charge in [-0.3, -0.25) is 4.57 Å². The minimum Gasteiger partial charge on any atom is -0.337 e. The first-order valence-corrected chi connectivity index (χ1v) is 6.29. The Kier molecular flexibility index (Phi) is 3.20. The first-order valence-electron chi connectivity index (χ1n) is 5.88. The fourth-order valence-electron chi connectivity index (χ4n) is 1.94. The van der Waals surface area contributed by atoms with E-state index < -0.39 is 0 Å². The lowest BCUT2D eigenvalue weighted by molar-refractivity contribution is 0.783. The highest BCUT2D eigenvalue weighted by Gasteiger charge is 2.10. The van der Waals surface area contributed by atoms with Crippen LogP contribution in [-0.4, -0.2) is 9.55 Å². The molecule has 0 unspecified atom stereocenters. The highest BCUT2D eigenvalue weighted by atomic mass is 32.1. The van der Waals surface area contributed by atoms with Crippen molar-refractivity contribution in [1.29, 1.82) is 0 Å². The zero-order valence-electron chi connectivity index (χ0n) is 10.7. The third-order valence-electron chi connectivity index (χ3n) is 3.15. The molecule has 0 spiro atoms. The third-order valence-corrected chi connectivity index (χ3v) is 3.45. The summed E-state index contributed by atoms with van der Waals surface area (Å²) in [5.74, 6) is 0.449. The van der Waals surface area contributed by atoms with Crippen LogP contribution in [-0.2, 0) is 0 Å². The van der Waals surface area contributed by atoms with Gasteiger partial charge in [0.05, 0.1) is 0 Å². The van der Waals surface area contributed by atoms with Crippen LogP contribution in [0.2, 0.25) is 0 Å². The molecule has 0 radical (unpaired) electrons. The summed E-state index contributed by atoms with van der Waals surface area (Å²) in [4.78, 5) is 3.13. The Morgan fingerprint density at radius 1 is 1.18 bits per heavy atom. The molecule has 0 saturated heterocycles. The molecule has 0 bridgehead atoms. The molecule has 2 rings (SSSR count). The number of nitrogens with zero attached hydrogens (tertiary/aromatic N) is 1. The van der Waals surface area contributed by atoms with Gasteiger partial charge in [-0.05, 0) is 55.2 Å². The van der Waals surface area contributed by atoms with Gasteiger partial charge in [0, 0.05) is 17.6 Å². The van der Waals surface area contributed by atoms with Gasteiger partial charge in [0.15, 0.2) is 4.77 Å². The molecule has 0 amide bonds. The molecule has 0 fully saturated rings. The van der Waals surface area contributed by atoms with Crippen LogP contribution in [0.5, 0.6) is 0 Å². The van der Waals surface area contributed by atoms with E-state index in [0.29, 0.717) is 5.92 Å². The van der Waals surface area contributed by atoms with Crippen molar-refractivity contribution in [3.05, 3.63) is 46.0 Å². The van der Waals surface area contributed by atoms with Crippen LogP contribution in [0.25, 0.3) is 5.69 Å². The van der Waals surface area contributed by atoms with Crippen LogP contribution in [0.4, 0.5) is 0 Å². The average Bonchev–Trinajstić information content (AvgIpc) is 2.64. The number of aromatic amines is 1. The van der Waals surface area contributed by atoms with Gasteiger partial charge < -0.3 is 4.98 Å². The fraction of sp³-hybridized carbons (Fsp3) is 0.357. The number of benzene rings is 1. The number of hydrogen-bond donors (Lipinski definition) is 1. The highest BCUT2D eigenvalue weighted by molar-refractivity contribution is 7.71. The predicted molar refractivity (Wildman–Crippen MR) is 74.5 cm³/mol. The van der Waals surface area contributed by atoms with E-state index in [1.54, 1.807) is 0 Å². The van der Waals surface area contributed by atoms with Crippen molar-refractivity contribution in [3.8, 4) is 5.69 Å². The molecule has 0 aliphatic heterocycles. The van der Waals surface area contributed by atoms with Crippen LogP contribution in [0, 0.1) is 18.6 Å². The van der Waals surface area contributed by atoms with E-state index in [2.05, 4.69) is 55.4 Å². The van der Waals surface area contributed by atoms with Gasteiger partial charge in [-0.2, -0.15) is 0 Å². The average molecular weight is 246 g/mol. The third kappa shape index (κ3) is 2.20. The Balaban J connectivity index is 2.63. The van der Waals surface area contributed by atoms with Crippen molar-refractivity contribution in [3.63, 3.8) is 0 Å². The lowest BCUT2D eigenvalue weighted by Crippen LogP contribution is -2.02. The van der Waals surface area contributed by atoms with Crippen molar-refractivity contribution in [1.82, 2.24) is 9.55 Å². The summed E-state index contributed by atoms with van der Waals surface area (Å²) in [6.07, 6.45) is 2.00. The number of rotatable bonds is 2. The van der Waals surface area contributed by atoms with Gasteiger partial charge >= 0.3 is 0 Å². The second kappa shape index (κ2) is 4.49. The van der Waals surface area contributed by atoms with Crippen LogP contribution in [0.3, 0.4) is 0 Å². The monoisotopic (exact) mass is 246 g/mol. The van der Waals surface area contributed by atoms with E-state index in [1.165, 1.54) is 16.8 Å². The zero-order valence-corrected chi connectivity index (χ0v) is 11.6. The van der Waals surface area contributed by atoms with Crippen LogP contribution in [0.1, 0.15) is 36.6 Å². The van der Waals surface area contributed by atoms with E-state index in [9.17, 15) is 0 Å². The molecule has 2 aromatic rings. The summed E-state index contributed by atoms with van der Waals surface area (Å²) in [7, 11) is 0. The molecule has 1 heterocycles. The van der Waals surface area contributed by atoms with Crippen LogP contribution >= 0.6 is 12.2 Å². The highest BCUT2D eigenvalue weighted by Crippen LogP contribution is 2.21. The Bertz CT molecular complexity index is 591. The molecule has 0 saturated carbocycles. The summed E-state index contributed by atoms with van der Waals surface area (Å²) in [6.45, 7) is 8.61. The number of aryl methyl sites for hydroxylation is 2. The largest absolute Gasteiger partial charge is 0.337 e. The Labute approximate surface area is 107 Å². The van der Waals surface area contributed by atoms with E-state index in [4.69, 9.17) is 12.2 Å². The number of aromatic nitrogens is 2. The normalized spacial score (nSPS) is 11.1. The molecule has 3 heteroatoms. The molecule has 17 heavy (non-hydrogen) atoms. The molecule has 0 aliphatic rings. The summed E-state index contributed by atoms with van der Waals surface area (Å²) in [5, 5.41) is 0. The molecule has 0 atom stereocenters. The van der Waals surface area contributed by atoms with Gasteiger partial charge in [-0.1, -0.05) is 19.9 Å². The Hall–Kier alpha value is -1.35. The molecular formula is C14H18N2S. The van der Waals surface area contributed by atoms with Gasteiger partial charge in [-0.25, -0.2) is 0 Å². The number of nitrogens with one attached hydrogen (secondary N) is 1. The summed E-state index contributed by atoms with van der Waals surface area (Å²) >= 11 is 5.36. The van der Waals surface area contributed by atoms with Crippen molar-refractivity contribution >= 4 is 12.2 Å². The minimum atomic E-state index is 0.449. The predicted octanol–water partition coefficient (Wildman–Crippen LogP) is 4.28. The second-order valence-electron chi connectivity index (χ2n) is 4.78. The topological polar surface area (TPSA) is 20.7 Å².